The molecule has 0 spiro atoms. The van der Waals surface area contributed by atoms with Gasteiger partial charge in [-0.2, -0.15) is 0 Å². The Morgan fingerprint density at radius 2 is 1.85 bits per heavy atom. The molecule has 0 aromatic heterocycles. The van der Waals surface area contributed by atoms with Crippen LogP contribution in [0, 0.1) is 0 Å². The number of ether oxygens (including phenoxy) is 1. The molecule has 1 aliphatic heterocycles. The molecule has 27 heavy (non-hydrogen) atoms. The Labute approximate surface area is 163 Å². The van der Waals surface area contributed by atoms with Crippen LogP contribution in [-0.2, 0) is 6.54 Å². The zero-order valence-electron chi connectivity index (χ0n) is 16.6. The van der Waals surface area contributed by atoms with Crippen LogP contribution in [0.4, 0.5) is 0 Å². The van der Waals surface area contributed by atoms with Gasteiger partial charge in [0.05, 0.1) is 13.0 Å². The SMILES string of the molecule is CC(C)c1ccccc1OC[C@@H](O)C[NH2+][C@H]1CC[NH+](Cc2ccccc2)C1. The lowest BCUT2D eigenvalue weighted by Gasteiger charge is -2.17. The lowest BCUT2D eigenvalue weighted by atomic mass is 10.0. The largest absolute Gasteiger partial charge is 0.490 e. The molecule has 1 fully saturated rings. The number of quaternary nitrogens is 2. The summed E-state index contributed by atoms with van der Waals surface area (Å²) < 4.78 is 5.90. The van der Waals surface area contributed by atoms with Gasteiger partial charge in [0, 0.05) is 5.56 Å². The highest BCUT2D eigenvalue weighted by molar-refractivity contribution is 5.35. The quantitative estimate of drug-likeness (QED) is 0.616. The van der Waals surface area contributed by atoms with Crippen LogP contribution in [0.2, 0.25) is 0 Å². The topological polar surface area (TPSA) is 50.5 Å². The van der Waals surface area contributed by atoms with Crippen molar-refractivity contribution in [3.63, 3.8) is 0 Å². The number of benzene rings is 2. The Morgan fingerprint density at radius 3 is 2.63 bits per heavy atom. The molecule has 1 unspecified atom stereocenters. The maximum atomic E-state index is 10.3. The van der Waals surface area contributed by atoms with Crippen molar-refractivity contribution in [1.82, 2.24) is 0 Å². The summed E-state index contributed by atoms with van der Waals surface area (Å²) in [4.78, 5) is 1.64. The van der Waals surface area contributed by atoms with E-state index in [0.29, 0.717) is 25.1 Å². The molecule has 4 N–H and O–H groups in total. The van der Waals surface area contributed by atoms with Gasteiger partial charge in [-0.15, -0.1) is 0 Å². The molecule has 2 aromatic rings. The third-order valence-corrected chi connectivity index (χ3v) is 5.43. The fraction of sp³-hybridized carbons (Fsp3) is 0.478. The highest BCUT2D eigenvalue weighted by atomic mass is 16.5. The minimum absolute atomic E-state index is 0.355. The molecule has 3 atom stereocenters. The normalized spacial score (nSPS) is 20.7. The van der Waals surface area contributed by atoms with Gasteiger partial charge < -0.3 is 20.1 Å². The average Bonchev–Trinajstić information content (AvgIpc) is 3.13. The van der Waals surface area contributed by atoms with Gasteiger partial charge in [0.1, 0.15) is 44.1 Å². The first-order chi connectivity index (χ1) is 13.1. The van der Waals surface area contributed by atoms with Crippen molar-refractivity contribution in [2.24, 2.45) is 0 Å². The molecule has 3 rings (SSSR count). The molecule has 2 aromatic carbocycles. The minimum Gasteiger partial charge on any atom is -0.490 e. The van der Waals surface area contributed by atoms with Gasteiger partial charge in [0.2, 0.25) is 0 Å². The molecule has 1 heterocycles. The van der Waals surface area contributed by atoms with E-state index in [2.05, 4.69) is 55.6 Å². The maximum absolute atomic E-state index is 10.3. The second-order valence-electron chi connectivity index (χ2n) is 8.04. The van der Waals surface area contributed by atoms with E-state index in [1.807, 2.05) is 18.2 Å². The Bertz CT molecular complexity index is 690. The smallest absolute Gasteiger partial charge is 0.141 e. The van der Waals surface area contributed by atoms with Gasteiger partial charge in [-0.25, -0.2) is 0 Å². The third-order valence-electron chi connectivity index (χ3n) is 5.43. The molecule has 0 aliphatic carbocycles. The minimum atomic E-state index is -0.441. The summed E-state index contributed by atoms with van der Waals surface area (Å²) in [5, 5.41) is 12.6. The fourth-order valence-electron chi connectivity index (χ4n) is 3.90. The summed E-state index contributed by atoms with van der Waals surface area (Å²) in [7, 11) is 0. The summed E-state index contributed by atoms with van der Waals surface area (Å²) in [6.07, 6.45) is 0.773. The van der Waals surface area contributed by atoms with E-state index in [0.717, 1.165) is 12.3 Å². The van der Waals surface area contributed by atoms with Crippen molar-refractivity contribution in [2.45, 2.75) is 44.9 Å². The highest BCUT2D eigenvalue weighted by Crippen LogP contribution is 2.25. The van der Waals surface area contributed by atoms with Crippen LogP contribution >= 0.6 is 0 Å². The Kier molecular flexibility index (Phi) is 7.27. The molecule has 0 radical (unpaired) electrons. The second kappa shape index (κ2) is 9.88. The summed E-state index contributed by atoms with van der Waals surface area (Å²) >= 11 is 0. The van der Waals surface area contributed by atoms with Crippen LogP contribution < -0.4 is 15.0 Å². The van der Waals surface area contributed by atoms with E-state index < -0.39 is 6.10 Å². The molecule has 4 heteroatoms. The molecule has 0 amide bonds. The summed E-state index contributed by atoms with van der Waals surface area (Å²) in [5.41, 5.74) is 2.61. The standard InChI is InChI=1S/C23H32N2O2/c1-18(2)22-10-6-7-11-23(22)27-17-21(26)14-24-20-12-13-25(16-20)15-19-8-4-3-5-9-19/h3-11,18,20-21,24,26H,12-17H2,1-2H3/p+2/t20-,21-/m0/s1. The number of rotatable bonds is 9. The van der Waals surface area contributed by atoms with Crippen molar-refractivity contribution < 1.29 is 20.1 Å². The van der Waals surface area contributed by atoms with Crippen LogP contribution in [0.15, 0.2) is 54.6 Å². The average molecular weight is 371 g/mol. The maximum Gasteiger partial charge on any atom is 0.141 e. The number of para-hydroxylation sites is 1. The number of nitrogens with one attached hydrogen (secondary N) is 1. The first-order valence-electron chi connectivity index (χ1n) is 10.2. The van der Waals surface area contributed by atoms with Crippen molar-refractivity contribution in [1.29, 1.82) is 0 Å². The van der Waals surface area contributed by atoms with Crippen LogP contribution in [0.1, 0.15) is 37.3 Å². The van der Waals surface area contributed by atoms with Crippen molar-refractivity contribution >= 4 is 0 Å². The van der Waals surface area contributed by atoms with Crippen LogP contribution in [-0.4, -0.2) is 43.5 Å². The predicted octanol–water partition coefficient (Wildman–Crippen LogP) is 0.971. The molecular formula is C23H34N2O2+2. The predicted molar refractivity (Wildman–Crippen MR) is 108 cm³/mol. The first-order valence-corrected chi connectivity index (χ1v) is 10.2. The van der Waals surface area contributed by atoms with Crippen LogP contribution in [0.5, 0.6) is 5.75 Å². The first kappa shape index (κ1) is 19.9. The number of hydrogen-bond donors (Lipinski definition) is 3. The molecule has 0 bridgehead atoms. The summed E-state index contributed by atoms with van der Waals surface area (Å²) in [6.45, 7) is 8.86. The number of nitrogens with two attached hydrogens (primary N) is 1. The van der Waals surface area contributed by atoms with E-state index in [4.69, 9.17) is 4.74 Å². The lowest BCUT2D eigenvalue weighted by molar-refractivity contribution is -0.911. The summed E-state index contributed by atoms with van der Waals surface area (Å²) in [5.74, 6) is 1.31. The number of likely N-dealkylation sites (tertiary alicyclic amines) is 1. The summed E-state index contributed by atoms with van der Waals surface area (Å²) in [6, 6.07) is 19.4. The monoisotopic (exact) mass is 370 g/mol. The van der Waals surface area contributed by atoms with Gasteiger partial charge in [-0.05, 0) is 17.5 Å². The molecule has 1 saturated heterocycles. The second-order valence-corrected chi connectivity index (χ2v) is 8.04. The van der Waals surface area contributed by atoms with Crippen molar-refractivity contribution in [3.8, 4) is 5.75 Å². The van der Waals surface area contributed by atoms with E-state index in [-0.39, 0.29) is 0 Å². The number of aliphatic hydroxyl groups is 1. The van der Waals surface area contributed by atoms with E-state index >= 15 is 0 Å². The molecular weight excluding hydrogens is 336 g/mol. The van der Waals surface area contributed by atoms with E-state index in [1.54, 1.807) is 4.90 Å². The molecule has 0 saturated carbocycles. The van der Waals surface area contributed by atoms with Crippen LogP contribution in [0.25, 0.3) is 0 Å². The van der Waals surface area contributed by atoms with Gasteiger partial charge in [-0.3, -0.25) is 0 Å². The number of hydrogen-bond acceptors (Lipinski definition) is 2. The van der Waals surface area contributed by atoms with E-state index in [9.17, 15) is 5.11 Å². The Morgan fingerprint density at radius 1 is 1.11 bits per heavy atom. The van der Waals surface area contributed by atoms with Crippen molar-refractivity contribution in [3.05, 3.63) is 65.7 Å². The Hall–Kier alpha value is -1.88. The Balaban J connectivity index is 1.38. The van der Waals surface area contributed by atoms with Crippen molar-refractivity contribution in [2.75, 3.05) is 26.2 Å². The van der Waals surface area contributed by atoms with Gasteiger partial charge in [-0.1, -0.05) is 62.4 Å². The molecule has 146 valence electrons. The molecule has 1 aliphatic rings. The fourth-order valence-corrected chi connectivity index (χ4v) is 3.90. The van der Waals surface area contributed by atoms with Gasteiger partial charge in [0.15, 0.2) is 0 Å². The van der Waals surface area contributed by atoms with Crippen LogP contribution in [0.3, 0.4) is 0 Å². The van der Waals surface area contributed by atoms with Gasteiger partial charge >= 0.3 is 0 Å². The highest BCUT2D eigenvalue weighted by Gasteiger charge is 2.29. The molecule has 4 nitrogen and oxygen atoms in total. The zero-order chi connectivity index (χ0) is 19.1. The van der Waals surface area contributed by atoms with Gasteiger partial charge in [0.25, 0.3) is 0 Å². The third kappa shape index (κ3) is 6.06. The zero-order valence-corrected chi connectivity index (χ0v) is 16.6. The van der Waals surface area contributed by atoms with E-state index in [1.165, 1.54) is 30.6 Å². The lowest BCUT2D eigenvalue weighted by Crippen LogP contribution is -3.11. The number of aliphatic hydroxyl groups excluding tert-OH is 1.